The summed E-state index contributed by atoms with van der Waals surface area (Å²) < 4.78 is 18.6. The molecular formula is C24H30N2O3Si. The van der Waals surface area contributed by atoms with Crippen LogP contribution in [0.3, 0.4) is 0 Å². The topological polar surface area (TPSA) is 79.7 Å². The molecule has 0 aliphatic rings. The number of nitrogen functional groups attached to an aromatic ring is 2. The quantitative estimate of drug-likeness (QED) is 0.394. The third kappa shape index (κ3) is 4.57. The van der Waals surface area contributed by atoms with Gasteiger partial charge < -0.3 is 24.7 Å². The molecule has 0 saturated carbocycles. The van der Waals surface area contributed by atoms with Crippen molar-refractivity contribution in [1.82, 2.24) is 0 Å². The molecule has 6 heteroatoms. The Labute approximate surface area is 180 Å². The summed E-state index contributed by atoms with van der Waals surface area (Å²) in [6.07, 6.45) is 0. The predicted octanol–water partition coefficient (Wildman–Crippen LogP) is 4.44. The Bertz CT molecular complexity index is 959. The summed E-state index contributed by atoms with van der Waals surface area (Å²) in [7, 11) is -3.11. The summed E-state index contributed by atoms with van der Waals surface area (Å²) in [6, 6.07) is 21.9. The highest BCUT2D eigenvalue weighted by atomic mass is 28.4. The molecule has 3 aromatic carbocycles. The average molecular weight is 423 g/mol. The Morgan fingerprint density at radius 3 is 1.80 bits per heavy atom. The van der Waals surface area contributed by atoms with Crippen molar-refractivity contribution in [3.63, 3.8) is 0 Å². The van der Waals surface area contributed by atoms with E-state index in [-0.39, 0.29) is 0 Å². The number of hydrogen-bond acceptors (Lipinski definition) is 5. The number of benzene rings is 3. The van der Waals surface area contributed by atoms with Crippen molar-refractivity contribution in [2.45, 2.75) is 20.8 Å². The maximum Gasteiger partial charge on any atom is 0.537 e. The second-order valence-electron chi connectivity index (χ2n) is 6.83. The molecule has 0 aromatic heterocycles. The fourth-order valence-corrected chi connectivity index (χ4v) is 6.32. The first-order valence-corrected chi connectivity index (χ1v) is 12.0. The molecule has 0 saturated heterocycles. The van der Waals surface area contributed by atoms with E-state index < -0.39 is 8.80 Å². The van der Waals surface area contributed by atoms with Crippen LogP contribution < -0.4 is 16.7 Å². The lowest BCUT2D eigenvalue weighted by atomic mass is 9.94. The van der Waals surface area contributed by atoms with Crippen LogP contribution in [-0.2, 0) is 13.3 Å². The Balaban J connectivity index is 2.25. The first kappa shape index (κ1) is 22.1. The molecule has 0 atom stereocenters. The number of anilines is 2. The van der Waals surface area contributed by atoms with E-state index in [1.54, 1.807) is 0 Å². The highest BCUT2D eigenvalue weighted by Gasteiger charge is 2.45. The fourth-order valence-electron chi connectivity index (χ4n) is 3.61. The highest BCUT2D eigenvalue weighted by molar-refractivity contribution is 6.76. The molecule has 3 rings (SSSR count). The normalized spacial score (nSPS) is 11.6. The molecule has 30 heavy (non-hydrogen) atoms. The van der Waals surface area contributed by atoms with Crippen molar-refractivity contribution in [1.29, 1.82) is 0 Å². The molecule has 0 bridgehead atoms. The molecule has 0 heterocycles. The van der Waals surface area contributed by atoms with Gasteiger partial charge in [0.2, 0.25) is 0 Å². The van der Waals surface area contributed by atoms with Crippen LogP contribution in [-0.4, -0.2) is 28.6 Å². The molecule has 0 spiro atoms. The van der Waals surface area contributed by atoms with Crippen LogP contribution in [0.4, 0.5) is 11.4 Å². The van der Waals surface area contributed by atoms with E-state index >= 15 is 0 Å². The smallest absolute Gasteiger partial charge is 0.399 e. The minimum atomic E-state index is -3.11. The van der Waals surface area contributed by atoms with E-state index in [4.69, 9.17) is 24.7 Å². The summed E-state index contributed by atoms with van der Waals surface area (Å²) in [5, 5.41) is 0.942. The fraction of sp³-hybridized carbons (Fsp3) is 0.250. The third-order valence-corrected chi connectivity index (χ3v) is 7.92. The molecule has 0 radical (unpaired) electrons. The largest absolute Gasteiger partial charge is 0.537 e. The van der Waals surface area contributed by atoms with Gasteiger partial charge in [-0.15, -0.1) is 0 Å². The molecule has 0 amide bonds. The zero-order valence-electron chi connectivity index (χ0n) is 17.9. The molecule has 4 N–H and O–H groups in total. The lowest BCUT2D eigenvalue weighted by molar-refractivity contribution is 0.0860. The van der Waals surface area contributed by atoms with Gasteiger partial charge in [0.15, 0.2) is 0 Å². The molecule has 0 aliphatic carbocycles. The lowest BCUT2D eigenvalue weighted by Gasteiger charge is -2.30. The molecule has 158 valence electrons. The van der Waals surface area contributed by atoms with Crippen LogP contribution in [0.5, 0.6) is 0 Å². The first-order chi connectivity index (χ1) is 14.5. The van der Waals surface area contributed by atoms with Crippen LogP contribution >= 0.6 is 0 Å². The Hall–Kier alpha value is -2.64. The highest BCUT2D eigenvalue weighted by Crippen LogP contribution is 2.34. The monoisotopic (exact) mass is 422 g/mol. The predicted molar refractivity (Wildman–Crippen MR) is 126 cm³/mol. The van der Waals surface area contributed by atoms with Gasteiger partial charge in [0, 0.05) is 36.4 Å². The number of rotatable bonds is 9. The summed E-state index contributed by atoms with van der Waals surface area (Å²) >= 11 is 0. The number of nitrogens with two attached hydrogens (primary N) is 2. The van der Waals surface area contributed by atoms with Crippen molar-refractivity contribution in [2.75, 3.05) is 31.3 Å². The van der Waals surface area contributed by atoms with Gasteiger partial charge >= 0.3 is 8.80 Å². The Morgan fingerprint density at radius 1 is 0.633 bits per heavy atom. The van der Waals surface area contributed by atoms with E-state index in [1.165, 1.54) is 0 Å². The van der Waals surface area contributed by atoms with Gasteiger partial charge in [0.1, 0.15) is 0 Å². The Morgan fingerprint density at radius 2 is 1.20 bits per heavy atom. The Kier molecular flexibility index (Phi) is 7.28. The standard InChI is InChI=1S/C24H30N2O3Si/c1-4-27-30(28-5-2,29-6-3)24-10-8-7-9-22(24)23-17-20(26)15-16-21(23)18-11-13-19(25)14-12-18/h7-17H,4-6,25-26H2,1-3H3. The van der Waals surface area contributed by atoms with Gasteiger partial charge in [-0.3, -0.25) is 0 Å². The SMILES string of the molecule is CCO[Si](OCC)(OCC)c1ccccc1-c1cc(N)ccc1-c1ccc(N)cc1. The van der Waals surface area contributed by atoms with Gasteiger partial charge in [0.05, 0.1) is 0 Å². The maximum absolute atomic E-state index is 6.20. The van der Waals surface area contributed by atoms with Crippen molar-refractivity contribution < 1.29 is 13.3 Å². The van der Waals surface area contributed by atoms with Crippen LogP contribution in [0.25, 0.3) is 22.3 Å². The van der Waals surface area contributed by atoms with Crippen molar-refractivity contribution in [2.24, 2.45) is 0 Å². The van der Waals surface area contributed by atoms with Crippen LogP contribution in [0.2, 0.25) is 0 Å². The average Bonchev–Trinajstić information content (AvgIpc) is 2.75. The summed E-state index contributed by atoms with van der Waals surface area (Å²) in [5.41, 5.74) is 17.6. The lowest BCUT2D eigenvalue weighted by Crippen LogP contribution is -2.57. The number of hydrogen-bond donors (Lipinski definition) is 2. The second-order valence-corrected chi connectivity index (χ2v) is 9.34. The van der Waals surface area contributed by atoms with Gasteiger partial charge in [-0.05, 0) is 67.3 Å². The van der Waals surface area contributed by atoms with Gasteiger partial charge in [-0.2, -0.15) is 0 Å². The van der Waals surface area contributed by atoms with E-state index in [9.17, 15) is 0 Å². The maximum atomic E-state index is 6.20. The molecule has 5 nitrogen and oxygen atoms in total. The minimum absolute atomic E-state index is 0.502. The van der Waals surface area contributed by atoms with Gasteiger partial charge in [-0.1, -0.05) is 42.5 Å². The molecule has 0 unspecified atom stereocenters. The molecular weight excluding hydrogens is 392 g/mol. The molecule has 3 aromatic rings. The van der Waals surface area contributed by atoms with E-state index in [2.05, 4.69) is 6.07 Å². The van der Waals surface area contributed by atoms with Crippen LogP contribution in [0, 0.1) is 0 Å². The summed E-state index contributed by atoms with van der Waals surface area (Å²) in [5.74, 6) is 0. The zero-order valence-corrected chi connectivity index (χ0v) is 18.9. The van der Waals surface area contributed by atoms with E-state index in [0.29, 0.717) is 25.5 Å². The molecule has 0 fully saturated rings. The van der Waals surface area contributed by atoms with E-state index in [1.807, 2.05) is 81.4 Å². The second kappa shape index (κ2) is 9.91. The van der Waals surface area contributed by atoms with E-state index in [0.717, 1.165) is 33.1 Å². The van der Waals surface area contributed by atoms with Crippen molar-refractivity contribution in [3.05, 3.63) is 66.7 Å². The summed E-state index contributed by atoms with van der Waals surface area (Å²) in [6.45, 7) is 7.39. The van der Waals surface area contributed by atoms with Crippen LogP contribution in [0.15, 0.2) is 66.7 Å². The van der Waals surface area contributed by atoms with Gasteiger partial charge in [-0.25, -0.2) is 0 Å². The van der Waals surface area contributed by atoms with Crippen LogP contribution in [0.1, 0.15) is 20.8 Å². The molecule has 0 aliphatic heterocycles. The zero-order chi connectivity index (χ0) is 21.6. The third-order valence-electron chi connectivity index (χ3n) is 4.82. The first-order valence-electron chi connectivity index (χ1n) is 10.3. The van der Waals surface area contributed by atoms with Crippen molar-refractivity contribution >= 4 is 25.4 Å². The summed E-state index contributed by atoms with van der Waals surface area (Å²) in [4.78, 5) is 0. The minimum Gasteiger partial charge on any atom is -0.399 e. The van der Waals surface area contributed by atoms with Gasteiger partial charge in [0.25, 0.3) is 0 Å². The van der Waals surface area contributed by atoms with Crippen molar-refractivity contribution in [3.8, 4) is 22.3 Å².